The molecule has 0 atom stereocenters. The molecule has 9 heteroatoms. The van der Waals surface area contributed by atoms with Gasteiger partial charge in [-0.05, 0) is 6.07 Å². The molecule has 2 aromatic rings. The molecule has 2 rings (SSSR count). The number of hydrogen-bond donors (Lipinski definition) is 1. The topological polar surface area (TPSA) is 103 Å². The molecule has 1 aromatic carbocycles. The molecule has 1 aromatic heterocycles. The lowest BCUT2D eigenvalue weighted by Gasteiger charge is -2.09. The third-order valence-electron chi connectivity index (χ3n) is 3.25. The van der Waals surface area contributed by atoms with Crippen LogP contribution in [0.1, 0.15) is 25.6 Å². The van der Waals surface area contributed by atoms with Crippen molar-refractivity contribution in [3.05, 3.63) is 52.9 Å². The van der Waals surface area contributed by atoms with E-state index in [9.17, 15) is 14.9 Å². The zero-order valence-corrected chi connectivity index (χ0v) is 14.8. The van der Waals surface area contributed by atoms with Crippen molar-refractivity contribution in [2.45, 2.75) is 31.5 Å². The molecule has 0 aliphatic heterocycles. The number of non-ortho nitro benzene ring substituents is 1. The number of aromatic nitrogens is 3. The van der Waals surface area contributed by atoms with E-state index < -0.39 is 4.92 Å². The number of hydrogen-bond acceptors (Lipinski definition) is 6. The average molecular weight is 361 g/mol. The molecule has 1 heterocycles. The number of allylic oxidation sites excluding steroid dienone is 1. The summed E-state index contributed by atoms with van der Waals surface area (Å²) in [7, 11) is 0. The van der Waals surface area contributed by atoms with Crippen molar-refractivity contribution >= 4 is 29.0 Å². The maximum atomic E-state index is 12.1. The van der Waals surface area contributed by atoms with Gasteiger partial charge in [-0.3, -0.25) is 14.9 Å². The van der Waals surface area contributed by atoms with E-state index in [1.54, 1.807) is 12.1 Å². The number of nitro benzene ring substituents is 1. The van der Waals surface area contributed by atoms with Crippen LogP contribution in [-0.2, 0) is 11.3 Å². The minimum atomic E-state index is -0.504. The standard InChI is InChI=1S/C16H19N5O3S/c1-4-8-20-15(11(2)3)18-19-16(20)25-10-14(22)17-12-6-5-7-13(9-12)21(23)24/h4-7,9,11H,1,8,10H2,2-3H3,(H,17,22). The summed E-state index contributed by atoms with van der Waals surface area (Å²) < 4.78 is 1.92. The van der Waals surface area contributed by atoms with Crippen molar-refractivity contribution in [1.82, 2.24) is 14.8 Å². The number of nitrogens with zero attached hydrogens (tertiary/aromatic N) is 4. The highest BCUT2D eigenvalue weighted by Crippen LogP contribution is 2.22. The number of benzene rings is 1. The highest BCUT2D eigenvalue weighted by atomic mass is 32.2. The van der Waals surface area contributed by atoms with Crippen LogP contribution in [0.3, 0.4) is 0 Å². The molecule has 0 fully saturated rings. The van der Waals surface area contributed by atoms with E-state index in [0.717, 1.165) is 5.82 Å². The van der Waals surface area contributed by atoms with Gasteiger partial charge in [0.2, 0.25) is 5.91 Å². The molecule has 0 unspecified atom stereocenters. The monoisotopic (exact) mass is 361 g/mol. The Kier molecular flexibility index (Phi) is 6.29. The minimum Gasteiger partial charge on any atom is -0.325 e. The second-order valence-corrected chi connectivity index (χ2v) is 6.48. The van der Waals surface area contributed by atoms with Gasteiger partial charge in [-0.1, -0.05) is 37.8 Å². The zero-order chi connectivity index (χ0) is 18.4. The van der Waals surface area contributed by atoms with Gasteiger partial charge in [-0.25, -0.2) is 0 Å². The maximum absolute atomic E-state index is 12.1. The average Bonchev–Trinajstić information content (AvgIpc) is 2.96. The Labute approximate surface area is 149 Å². The summed E-state index contributed by atoms with van der Waals surface area (Å²) in [6.45, 7) is 8.34. The van der Waals surface area contributed by atoms with E-state index in [4.69, 9.17) is 0 Å². The molecule has 8 nitrogen and oxygen atoms in total. The predicted octanol–water partition coefficient (Wildman–Crippen LogP) is 3.23. The number of thioether (sulfide) groups is 1. The molecule has 1 amide bonds. The van der Waals surface area contributed by atoms with Crippen LogP contribution in [0.2, 0.25) is 0 Å². The fourth-order valence-corrected chi connectivity index (χ4v) is 2.91. The van der Waals surface area contributed by atoms with Gasteiger partial charge in [0.05, 0.1) is 10.7 Å². The van der Waals surface area contributed by atoms with Crippen LogP contribution in [0.5, 0.6) is 0 Å². The zero-order valence-electron chi connectivity index (χ0n) is 14.0. The Morgan fingerprint density at radius 3 is 2.88 bits per heavy atom. The number of rotatable bonds is 8. The van der Waals surface area contributed by atoms with Crippen LogP contribution in [0.4, 0.5) is 11.4 Å². The third kappa shape index (κ3) is 4.90. The molecule has 132 valence electrons. The van der Waals surface area contributed by atoms with Crippen molar-refractivity contribution in [3.8, 4) is 0 Å². The quantitative estimate of drug-likeness (QED) is 0.335. The first-order chi connectivity index (χ1) is 11.9. The number of amides is 1. The second-order valence-electron chi connectivity index (χ2n) is 5.54. The first kappa shape index (κ1) is 18.7. The van der Waals surface area contributed by atoms with Gasteiger partial charge in [0.15, 0.2) is 5.16 Å². The van der Waals surface area contributed by atoms with Gasteiger partial charge in [0.1, 0.15) is 5.82 Å². The van der Waals surface area contributed by atoms with Crippen LogP contribution < -0.4 is 5.32 Å². The highest BCUT2D eigenvalue weighted by Gasteiger charge is 2.16. The molecule has 0 saturated carbocycles. The van der Waals surface area contributed by atoms with Crippen molar-refractivity contribution < 1.29 is 9.72 Å². The van der Waals surface area contributed by atoms with Crippen molar-refractivity contribution in [3.63, 3.8) is 0 Å². The second kappa shape index (κ2) is 8.43. The predicted molar refractivity (Wildman–Crippen MR) is 96.8 cm³/mol. The van der Waals surface area contributed by atoms with Crippen LogP contribution in [0.25, 0.3) is 0 Å². The van der Waals surface area contributed by atoms with E-state index in [0.29, 0.717) is 17.4 Å². The van der Waals surface area contributed by atoms with Gasteiger partial charge in [-0.2, -0.15) is 0 Å². The van der Waals surface area contributed by atoms with E-state index in [2.05, 4.69) is 22.1 Å². The maximum Gasteiger partial charge on any atom is 0.271 e. The molecule has 0 aliphatic rings. The Bertz CT molecular complexity index is 788. The highest BCUT2D eigenvalue weighted by molar-refractivity contribution is 7.99. The lowest BCUT2D eigenvalue weighted by Crippen LogP contribution is -2.15. The summed E-state index contributed by atoms with van der Waals surface area (Å²) in [5.74, 6) is 0.891. The fourth-order valence-electron chi connectivity index (χ4n) is 2.16. The van der Waals surface area contributed by atoms with Gasteiger partial charge in [-0.15, -0.1) is 16.8 Å². The molecular weight excluding hydrogens is 342 g/mol. The van der Waals surface area contributed by atoms with Gasteiger partial charge in [0, 0.05) is 30.3 Å². The van der Waals surface area contributed by atoms with Crippen molar-refractivity contribution in [2.75, 3.05) is 11.1 Å². The molecular formula is C16H19N5O3S. The van der Waals surface area contributed by atoms with Crippen LogP contribution in [0.15, 0.2) is 42.1 Å². The third-order valence-corrected chi connectivity index (χ3v) is 4.21. The summed E-state index contributed by atoms with van der Waals surface area (Å²) in [4.78, 5) is 22.4. The first-order valence-corrected chi connectivity index (χ1v) is 8.62. The summed E-state index contributed by atoms with van der Waals surface area (Å²) in [5.41, 5.74) is 0.313. The Morgan fingerprint density at radius 1 is 1.48 bits per heavy atom. The van der Waals surface area contributed by atoms with Gasteiger partial charge < -0.3 is 9.88 Å². The Balaban J connectivity index is 2.02. The number of carbonyl (C=O) groups is 1. The van der Waals surface area contributed by atoms with E-state index in [-0.39, 0.29) is 23.3 Å². The lowest BCUT2D eigenvalue weighted by atomic mass is 10.2. The molecule has 0 radical (unpaired) electrons. The number of nitrogens with one attached hydrogen (secondary N) is 1. The smallest absolute Gasteiger partial charge is 0.271 e. The van der Waals surface area contributed by atoms with Crippen LogP contribution in [0, 0.1) is 10.1 Å². The summed E-state index contributed by atoms with van der Waals surface area (Å²) >= 11 is 1.26. The van der Waals surface area contributed by atoms with E-state index in [1.165, 1.54) is 30.0 Å². The normalized spacial score (nSPS) is 10.7. The molecule has 0 spiro atoms. The van der Waals surface area contributed by atoms with E-state index in [1.807, 2.05) is 18.4 Å². The van der Waals surface area contributed by atoms with Gasteiger partial charge >= 0.3 is 0 Å². The van der Waals surface area contributed by atoms with E-state index >= 15 is 0 Å². The molecule has 25 heavy (non-hydrogen) atoms. The first-order valence-electron chi connectivity index (χ1n) is 7.63. The van der Waals surface area contributed by atoms with Crippen LogP contribution >= 0.6 is 11.8 Å². The fraction of sp³-hybridized carbons (Fsp3) is 0.312. The number of carbonyl (C=O) groups excluding carboxylic acids is 1. The molecule has 1 N–H and O–H groups in total. The molecule has 0 bridgehead atoms. The van der Waals surface area contributed by atoms with Crippen molar-refractivity contribution in [1.29, 1.82) is 0 Å². The largest absolute Gasteiger partial charge is 0.325 e. The van der Waals surface area contributed by atoms with Crippen LogP contribution in [-0.4, -0.2) is 31.3 Å². The van der Waals surface area contributed by atoms with Crippen molar-refractivity contribution in [2.24, 2.45) is 0 Å². The Morgan fingerprint density at radius 2 is 2.24 bits per heavy atom. The number of anilines is 1. The SMILES string of the molecule is C=CCn1c(SCC(=O)Nc2cccc([N+](=O)[O-])c2)nnc1C(C)C. The summed E-state index contributed by atoms with van der Waals surface area (Å²) in [6, 6.07) is 5.82. The molecule has 0 aliphatic carbocycles. The number of nitro groups is 1. The minimum absolute atomic E-state index is 0.0715. The van der Waals surface area contributed by atoms with Gasteiger partial charge in [0.25, 0.3) is 5.69 Å². The summed E-state index contributed by atoms with van der Waals surface area (Å²) in [5, 5.41) is 22.3. The summed E-state index contributed by atoms with van der Waals surface area (Å²) in [6.07, 6.45) is 1.75. The lowest BCUT2D eigenvalue weighted by molar-refractivity contribution is -0.384. The Hall–Kier alpha value is -2.68. The molecule has 0 saturated heterocycles.